The SMILES string of the molecule is [CH2-]c1c(C2C(c3ccccc3)=Cc3ccccc32)cc2ccccc2c1CCCC.[Cl][Ti][Cl].[NH2-]. The summed E-state index contributed by atoms with van der Waals surface area (Å²) in [6.07, 6.45) is 5.84. The van der Waals surface area contributed by atoms with E-state index in [1.54, 1.807) is 0 Å². The average Bonchev–Trinajstić information content (AvgIpc) is 3.24. The van der Waals surface area contributed by atoms with E-state index in [9.17, 15) is 0 Å². The zero-order valence-electron chi connectivity index (χ0n) is 19.4. The molecule has 0 bridgehead atoms. The van der Waals surface area contributed by atoms with Crippen molar-refractivity contribution in [2.75, 3.05) is 0 Å². The van der Waals surface area contributed by atoms with Crippen LogP contribution in [-0.4, -0.2) is 0 Å². The van der Waals surface area contributed by atoms with E-state index in [0.29, 0.717) is 0 Å². The van der Waals surface area contributed by atoms with Gasteiger partial charge in [0.25, 0.3) is 0 Å². The smallest absolute Gasteiger partial charge is 0.693 e. The Morgan fingerprint density at radius 3 is 2.24 bits per heavy atom. The minimum atomic E-state index is -0.556. The zero-order valence-corrected chi connectivity index (χ0v) is 22.5. The number of allylic oxidation sites excluding steroid dienone is 1. The second-order valence-corrected chi connectivity index (χ2v) is 10.9. The van der Waals surface area contributed by atoms with Gasteiger partial charge in [-0.25, -0.2) is 0 Å². The first kappa shape index (κ1) is 26.6. The van der Waals surface area contributed by atoms with E-state index >= 15 is 0 Å². The van der Waals surface area contributed by atoms with E-state index in [-0.39, 0.29) is 12.1 Å². The summed E-state index contributed by atoms with van der Waals surface area (Å²) in [5.74, 6) is 0.223. The van der Waals surface area contributed by atoms with Crippen molar-refractivity contribution in [3.05, 3.63) is 131 Å². The summed E-state index contributed by atoms with van der Waals surface area (Å²) in [6, 6.07) is 30.8. The minimum Gasteiger partial charge on any atom is -0.693 e. The van der Waals surface area contributed by atoms with Gasteiger partial charge in [-0.05, 0) is 33.6 Å². The van der Waals surface area contributed by atoms with E-state index in [2.05, 4.69) is 105 Å². The molecule has 34 heavy (non-hydrogen) atoms. The first-order chi connectivity index (χ1) is 16.2. The van der Waals surface area contributed by atoms with Crippen LogP contribution in [-0.2, 0) is 23.5 Å². The predicted octanol–water partition coefficient (Wildman–Crippen LogP) is 10.1. The van der Waals surface area contributed by atoms with Gasteiger partial charge in [-0.2, -0.15) is 12.5 Å². The van der Waals surface area contributed by atoms with Gasteiger partial charge < -0.3 is 6.15 Å². The van der Waals surface area contributed by atoms with Gasteiger partial charge in [0.1, 0.15) is 0 Å². The van der Waals surface area contributed by atoms with Crippen LogP contribution in [0.3, 0.4) is 0 Å². The Balaban J connectivity index is 0.000000771. The second kappa shape index (κ2) is 12.6. The summed E-state index contributed by atoms with van der Waals surface area (Å²) in [7, 11) is 9.78. The number of hydrogen-bond acceptors (Lipinski definition) is 0. The van der Waals surface area contributed by atoms with Crippen molar-refractivity contribution in [3.63, 3.8) is 0 Å². The number of hydrogen-bond donors (Lipinski definition) is 0. The Bertz CT molecular complexity index is 1270. The number of nitrogens with two attached hydrogens (primary N) is 1. The summed E-state index contributed by atoms with van der Waals surface area (Å²) in [5.41, 5.74) is 9.36. The van der Waals surface area contributed by atoms with Crippen LogP contribution in [0.1, 0.15) is 59.1 Å². The van der Waals surface area contributed by atoms with Gasteiger partial charge in [0.15, 0.2) is 0 Å². The van der Waals surface area contributed by atoms with Crippen molar-refractivity contribution in [3.8, 4) is 0 Å². The molecule has 0 amide bonds. The Hall–Kier alpha value is -2.00. The van der Waals surface area contributed by atoms with E-state index < -0.39 is 17.0 Å². The maximum absolute atomic E-state index is 4.89. The first-order valence-electron chi connectivity index (χ1n) is 11.4. The number of fused-ring (bicyclic) bond motifs is 2. The third-order valence-corrected chi connectivity index (χ3v) is 6.44. The van der Waals surface area contributed by atoms with Crippen LogP contribution in [0.5, 0.6) is 0 Å². The topological polar surface area (TPSA) is 33.5 Å². The standard InChI is InChI=1S/C30H27.2ClH.H2N.Ti/c1-3-4-16-25-21(2)28(19-23-14-8-10-17-26(23)25)30-27-18-11-9-15-24(27)20-29(30)22-12-6-5-7-13-22;;;;/h5-15,17-20,30H,2-4,16H2,1H3;2*1H;1H2;/q-1;;;-1;+2/p-2. The van der Waals surface area contributed by atoms with Gasteiger partial charge in [0, 0.05) is 0 Å². The summed E-state index contributed by atoms with van der Waals surface area (Å²) in [5, 5.41) is 2.68. The minimum absolute atomic E-state index is 0. The fourth-order valence-electron chi connectivity index (χ4n) is 4.93. The molecule has 4 aromatic rings. The summed E-state index contributed by atoms with van der Waals surface area (Å²) in [4.78, 5) is 0. The molecular weight excluding hydrogens is 493 g/mol. The maximum Gasteiger partial charge on any atom is -0.693 e. The third kappa shape index (κ3) is 5.46. The summed E-state index contributed by atoms with van der Waals surface area (Å²) in [6.45, 7) is 6.90. The monoisotopic (exact) mass is 521 g/mol. The normalized spacial score (nSPS) is 13.9. The Morgan fingerprint density at radius 2 is 1.50 bits per heavy atom. The van der Waals surface area contributed by atoms with E-state index in [0.717, 1.165) is 6.42 Å². The largest absolute Gasteiger partial charge is 0.693 e. The fourth-order valence-corrected chi connectivity index (χ4v) is 4.93. The van der Waals surface area contributed by atoms with Gasteiger partial charge in [-0.15, -0.1) is 17.2 Å². The van der Waals surface area contributed by atoms with Crippen molar-refractivity contribution >= 4 is 41.0 Å². The van der Waals surface area contributed by atoms with E-state index in [1.807, 2.05) is 0 Å². The quantitative estimate of drug-likeness (QED) is 0.185. The van der Waals surface area contributed by atoms with Crippen LogP contribution in [0, 0.1) is 6.92 Å². The van der Waals surface area contributed by atoms with Crippen molar-refractivity contribution in [1.82, 2.24) is 0 Å². The molecule has 1 atom stereocenters. The molecule has 0 spiro atoms. The fraction of sp³-hybridized carbons (Fsp3) is 0.167. The van der Waals surface area contributed by atoms with Gasteiger partial charge in [-0.3, -0.25) is 0 Å². The van der Waals surface area contributed by atoms with Gasteiger partial charge >= 0.3 is 35.6 Å². The molecule has 1 unspecified atom stereocenters. The molecule has 0 aromatic heterocycles. The molecule has 0 saturated heterocycles. The van der Waals surface area contributed by atoms with Crippen LogP contribution in [0.2, 0.25) is 0 Å². The van der Waals surface area contributed by atoms with Crippen LogP contribution in [0.15, 0.2) is 84.9 Å². The molecule has 0 fully saturated rings. The molecule has 1 aliphatic rings. The molecule has 5 rings (SSSR count). The van der Waals surface area contributed by atoms with Gasteiger partial charge in [0.2, 0.25) is 0 Å². The molecule has 174 valence electrons. The predicted molar refractivity (Wildman–Crippen MR) is 147 cm³/mol. The zero-order chi connectivity index (χ0) is 23.2. The molecule has 4 heteroatoms. The van der Waals surface area contributed by atoms with Crippen LogP contribution in [0.4, 0.5) is 0 Å². The maximum atomic E-state index is 4.89. The van der Waals surface area contributed by atoms with Crippen molar-refractivity contribution < 1.29 is 17.0 Å². The van der Waals surface area contributed by atoms with Crippen molar-refractivity contribution in [1.29, 1.82) is 0 Å². The van der Waals surface area contributed by atoms with Gasteiger partial charge in [0.05, 0.1) is 0 Å². The molecule has 4 aromatic carbocycles. The number of unbranched alkanes of at least 4 members (excludes halogenated alkanes) is 1. The number of aryl methyl sites for hydroxylation is 1. The molecule has 1 aliphatic carbocycles. The molecular formula is C30H29Cl2NTi-2. The van der Waals surface area contributed by atoms with Crippen LogP contribution >= 0.6 is 18.6 Å². The van der Waals surface area contributed by atoms with Crippen molar-refractivity contribution in [2.45, 2.75) is 32.1 Å². The number of benzene rings is 4. The molecule has 1 nitrogen and oxygen atoms in total. The Kier molecular flexibility index (Phi) is 9.89. The number of rotatable bonds is 5. The molecule has 0 radical (unpaired) electrons. The Morgan fingerprint density at radius 1 is 0.853 bits per heavy atom. The van der Waals surface area contributed by atoms with Crippen LogP contribution in [0.25, 0.3) is 28.6 Å². The van der Waals surface area contributed by atoms with E-state index in [1.165, 1.54) is 62.6 Å². The number of halogens is 2. The second-order valence-electron chi connectivity index (χ2n) is 8.35. The molecule has 0 saturated carbocycles. The summed E-state index contributed by atoms with van der Waals surface area (Å²) >= 11 is -0.556. The Labute approximate surface area is 220 Å². The molecule has 0 heterocycles. The summed E-state index contributed by atoms with van der Waals surface area (Å²) < 4.78 is 0. The van der Waals surface area contributed by atoms with Gasteiger partial charge in [-0.1, -0.05) is 117 Å². The van der Waals surface area contributed by atoms with Crippen LogP contribution < -0.4 is 0 Å². The molecule has 0 aliphatic heterocycles. The first-order valence-corrected chi connectivity index (χ1v) is 15.7. The molecule has 2 N–H and O–H groups in total. The average molecular weight is 522 g/mol. The van der Waals surface area contributed by atoms with Crippen molar-refractivity contribution in [2.24, 2.45) is 0 Å². The third-order valence-electron chi connectivity index (χ3n) is 6.44. The van der Waals surface area contributed by atoms with E-state index in [4.69, 9.17) is 18.6 Å².